The molecule has 6 heteroatoms. The van der Waals surface area contributed by atoms with Crippen LogP contribution in [0.5, 0.6) is 11.5 Å². The number of hydrogen-bond acceptors (Lipinski definition) is 4. The first kappa shape index (κ1) is 18.6. The monoisotopic (exact) mass is 387 g/mol. The Hall–Kier alpha value is -3.80. The maximum absolute atomic E-state index is 12.9. The van der Waals surface area contributed by atoms with Crippen LogP contribution in [0.15, 0.2) is 72.8 Å². The molecule has 6 nitrogen and oxygen atoms in total. The summed E-state index contributed by atoms with van der Waals surface area (Å²) >= 11 is 0. The number of rotatable bonds is 4. The molecule has 29 heavy (non-hydrogen) atoms. The molecule has 0 bridgehead atoms. The summed E-state index contributed by atoms with van der Waals surface area (Å²) in [7, 11) is 0. The van der Waals surface area contributed by atoms with Gasteiger partial charge in [-0.2, -0.15) is 0 Å². The lowest BCUT2D eigenvalue weighted by molar-refractivity contribution is -0.128. The standard InChI is InChI=1S/C23H21N3O3/c1-15-10-12-16(13-11-15)24-14-21(27)25-26-23(28)22-17-6-2-4-8-19(17)29-20-9-5-3-7-18(20)22/h2-13,22,24H,14H2,1H3,(H,25,27)(H,26,28). The maximum Gasteiger partial charge on any atom is 0.257 e. The molecular formula is C23H21N3O3. The van der Waals surface area contributed by atoms with Crippen LogP contribution in [0.25, 0.3) is 0 Å². The van der Waals surface area contributed by atoms with E-state index in [1.165, 1.54) is 0 Å². The van der Waals surface area contributed by atoms with Crippen LogP contribution in [0.4, 0.5) is 5.69 Å². The average Bonchev–Trinajstić information content (AvgIpc) is 2.75. The Morgan fingerprint density at radius 2 is 1.41 bits per heavy atom. The summed E-state index contributed by atoms with van der Waals surface area (Å²) in [6, 6.07) is 22.5. The van der Waals surface area contributed by atoms with Crippen molar-refractivity contribution < 1.29 is 14.3 Å². The van der Waals surface area contributed by atoms with Crippen molar-refractivity contribution in [1.29, 1.82) is 0 Å². The number of amides is 2. The first-order chi connectivity index (χ1) is 14.1. The first-order valence-corrected chi connectivity index (χ1v) is 9.37. The average molecular weight is 387 g/mol. The summed E-state index contributed by atoms with van der Waals surface area (Å²) in [4.78, 5) is 25.1. The molecule has 0 fully saturated rings. The molecule has 1 aliphatic rings. The molecule has 0 aliphatic carbocycles. The van der Waals surface area contributed by atoms with E-state index >= 15 is 0 Å². The maximum atomic E-state index is 12.9. The van der Waals surface area contributed by atoms with Crippen LogP contribution >= 0.6 is 0 Å². The Kier molecular flexibility index (Phi) is 5.16. The molecule has 146 valence electrons. The lowest BCUT2D eigenvalue weighted by atomic mass is 9.87. The van der Waals surface area contributed by atoms with E-state index in [1.54, 1.807) is 0 Å². The largest absolute Gasteiger partial charge is 0.457 e. The number of benzene rings is 3. The molecular weight excluding hydrogens is 366 g/mol. The van der Waals surface area contributed by atoms with E-state index in [4.69, 9.17) is 4.74 Å². The minimum atomic E-state index is -0.568. The zero-order chi connectivity index (χ0) is 20.2. The van der Waals surface area contributed by atoms with Crippen molar-refractivity contribution in [3.05, 3.63) is 89.5 Å². The van der Waals surface area contributed by atoms with E-state index in [0.717, 1.165) is 22.4 Å². The van der Waals surface area contributed by atoms with Crippen LogP contribution < -0.4 is 20.9 Å². The molecule has 3 aromatic rings. The van der Waals surface area contributed by atoms with Gasteiger partial charge in [0, 0.05) is 16.8 Å². The fourth-order valence-electron chi connectivity index (χ4n) is 3.29. The molecule has 0 aromatic heterocycles. The van der Waals surface area contributed by atoms with E-state index in [-0.39, 0.29) is 18.4 Å². The smallest absolute Gasteiger partial charge is 0.257 e. The molecule has 1 aliphatic heterocycles. The van der Waals surface area contributed by atoms with Crippen molar-refractivity contribution in [3.63, 3.8) is 0 Å². The molecule has 1 heterocycles. The predicted molar refractivity (Wildman–Crippen MR) is 111 cm³/mol. The molecule has 0 unspecified atom stereocenters. The highest BCUT2D eigenvalue weighted by molar-refractivity contribution is 5.91. The number of anilines is 1. The summed E-state index contributed by atoms with van der Waals surface area (Å²) in [5.74, 6) is 0.0448. The Labute approximate surface area is 168 Å². The highest BCUT2D eigenvalue weighted by Crippen LogP contribution is 2.43. The summed E-state index contributed by atoms with van der Waals surface area (Å²) in [6.07, 6.45) is 0. The van der Waals surface area contributed by atoms with Crippen molar-refractivity contribution in [3.8, 4) is 11.5 Å². The van der Waals surface area contributed by atoms with Gasteiger partial charge in [0.15, 0.2) is 0 Å². The SMILES string of the molecule is Cc1ccc(NCC(=O)NNC(=O)C2c3ccccc3Oc3ccccc32)cc1. The van der Waals surface area contributed by atoms with Crippen LogP contribution in [-0.2, 0) is 9.59 Å². The third-order valence-electron chi connectivity index (χ3n) is 4.77. The van der Waals surface area contributed by atoms with Gasteiger partial charge >= 0.3 is 0 Å². The lowest BCUT2D eigenvalue weighted by Gasteiger charge is -2.27. The minimum Gasteiger partial charge on any atom is -0.457 e. The van der Waals surface area contributed by atoms with Crippen LogP contribution in [0.1, 0.15) is 22.6 Å². The van der Waals surface area contributed by atoms with E-state index in [0.29, 0.717) is 11.5 Å². The number of hydrogen-bond donors (Lipinski definition) is 3. The Balaban J connectivity index is 1.42. The van der Waals surface area contributed by atoms with E-state index in [1.807, 2.05) is 79.7 Å². The second-order valence-electron chi connectivity index (χ2n) is 6.87. The van der Waals surface area contributed by atoms with E-state index < -0.39 is 5.92 Å². The number of ether oxygens (including phenoxy) is 1. The number of carbonyl (C=O) groups excluding carboxylic acids is 2. The molecule has 4 rings (SSSR count). The Morgan fingerprint density at radius 3 is 2.03 bits per heavy atom. The quantitative estimate of drug-likeness (QED) is 0.599. The summed E-state index contributed by atoms with van der Waals surface area (Å²) in [5.41, 5.74) is 8.53. The molecule has 0 saturated carbocycles. The van der Waals surface area contributed by atoms with Crippen LogP contribution in [0.2, 0.25) is 0 Å². The zero-order valence-corrected chi connectivity index (χ0v) is 15.9. The highest BCUT2D eigenvalue weighted by Gasteiger charge is 2.32. The summed E-state index contributed by atoms with van der Waals surface area (Å²) in [6.45, 7) is 2.04. The number of carbonyl (C=O) groups is 2. The second kappa shape index (κ2) is 8.06. The van der Waals surface area contributed by atoms with Gasteiger partial charge in [0.05, 0.1) is 12.5 Å². The second-order valence-corrected chi connectivity index (χ2v) is 6.87. The van der Waals surface area contributed by atoms with Gasteiger partial charge in [-0.1, -0.05) is 54.1 Å². The van der Waals surface area contributed by atoms with Gasteiger partial charge in [-0.05, 0) is 31.2 Å². The summed E-state index contributed by atoms with van der Waals surface area (Å²) in [5, 5.41) is 3.02. The number of fused-ring (bicyclic) bond motifs is 2. The van der Waals surface area contributed by atoms with E-state index in [2.05, 4.69) is 16.2 Å². The zero-order valence-electron chi connectivity index (χ0n) is 15.9. The van der Waals surface area contributed by atoms with Crippen LogP contribution in [-0.4, -0.2) is 18.4 Å². The van der Waals surface area contributed by atoms with Gasteiger partial charge in [-0.25, -0.2) is 0 Å². The van der Waals surface area contributed by atoms with Crippen LogP contribution in [0.3, 0.4) is 0 Å². The van der Waals surface area contributed by atoms with Crippen molar-refractivity contribution in [1.82, 2.24) is 10.9 Å². The number of para-hydroxylation sites is 2. The fourth-order valence-corrected chi connectivity index (χ4v) is 3.29. The molecule has 0 radical (unpaired) electrons. The van der Waals surface area contributed by atoms with Crippen LogP contribution in [0, 0.1) is 6.92 Å². The molecule has 2 amide bonds. The topological polar surface area (TPSA) is 79.5 Å². The van der Waals surface area contributed by atoms with Crippen molar-refractivity contribution in [2.75, 3.05) is 11.9 Å². The van der Waals surface area contributed by atoms with Gasteiger partial charge in [0.25, 0.3) is 11.8 Å². The fraction of sp³-hybridized carbons (Fsp3) is 0.130. The molecule has 0 atom stereocenters. The predicted octanol–water partition coefficient (Wildman–Crippen LogP) is 3.49. The normalized spacial score (nSPS) is 12.2. The molecule has 0 spiro atoms. The van der Waals surface area contributed by atoms with Gasteiger partial charge in [0.1, 0.15) is 11.5 Å². The number of aryl methyl sites for hydroxylation is 1. The van der Waals surface area contributed by atoms with Crippen molar-refractivity contribution in [2.45, 2.75) is 12.8 Å². The molecule has 3 aromatic carbocycles. The third-order valence-corrected chi connectivity index (χ3v) is 4.77. The lowest BCUT2D eigenvalue weighted by Crippen LogP contribution is -2.46. The summed E-state index contributed by atoms with van der Waals surface area (Å²) < 4.78 is 5.90. The number of nitrogens with one attached hydrogen (secondary N) is 3. The van der Waals surface area contributed by atoms with Gasteiger partial charge < -0.3 is 10.1 Å². The van der Waals surface area contributed by atoms with Gasteiger partial charge in [-0.3, -0.25) is 20.4 Å². The van der Waals surface area contributed by atoms with E-state index in [9.17, 15) is 9.59 Å². The highest BCUT2D eigenvalue weighted by atomic mass is 16.5. The van der Waals surface area contributed by atoms with Gasteiger partial charge in [0.2, 0.25) is 0 Å². The van der Waals surface area contributed by atoms with Crippen molar-refractivity contribution in [2.24, 2.45) is 0 Å². The first-order valence-electron chi connectivity index (χ1n) is 9.37. The molecule has 3 N–H and O–H groups in total. The Bertz CT molecular complexity index is 1000. The van der Waals surface area contributed by atoms with Gasteiger partial charge in [-0.15, -0.1) is 0 Å². The van der Waals surface area contributed by atoms with Crippen molar-refractivity contribution >= 4 is 17.5 Å². The minimum absolute atomic E-state index is 0.0459. The third kappa shape index (κ3) is 4.06. The Morgan fingerprint density at radius 1 is 0.828 bits per heavy atom. The number of hydrazine groups is 1. The molecule has 0 saturated heterocycles.